The van der Waals surface area contributed by atoms with Gasteiger partial charge in [-0.15, -0.1) is 0 Å². The number of ether oxygens (including phenoxy) is 1. The van der Waals surface area contributed by atoms with Gasteiger partial charge in [-0.3, -0.25) is 19.5 Å². The van der Waals surface area contributed by atoms with Gasteiger partial charge in [-0.05, 0) is 73.5 Å². The van der Waals surface area contributed by atoms with Crippen molar-refractivity contribution in [2.75, 3.05) is 11.5 Å². The Hall–Kier alpha value is -3.64. The highest BCUT2D eigenvalue weighted by Gasteiger charge is 2.48. The molecule has 0 spiro atoms. The summed E-state index contributed by atoms with van der Waals surface area (Å²) < 4.78 is 5.59. The van der Waals surface area contributed by atoms with Gasteiger partial charge < -0.3 is 9.84 Å². The first-order valence-corrected chi connectivity index (χ1v) is 11.0. The van der Waals surface area contributed by atoms with Gasteiger partial charge in [0.05, 0.1) is 17.9 Å². The van der Waals surface area contributed by atoms with Crippen LogP contribution in [0.2, 0.25) is 5.02 Å². The molecule has 1 N–H and O–H groups in total. The fraction of sp³-hybridized carbons (Fsp3) is 0.192. The minimum atomic E-state index is -0.887. The number of aliphatic hydroxyl groups is 1. The molecule has 4 rings (SSSR count). The standard InChI is InChI=1S/C26H23ClN2O4/c1-3-14-33-19-10-7-17(8-11-19)24(30)22-23(20-6-4-5-13-28-20)29(26(32)25(22)31)21-12-9-18(27)15-16(21)2/h4-13,15,23,30H,3,14H2,1-2H3/b24-22+. The maximum atomic E-state index is 13.2. The summed E-state index contributed by atoms with van der Waals surface area (Å²) >= 11 is 6.10. The second-order valence-electron chi connectivity index (χ2n) is 7.73. The molecule has 1 aromatic heterocycles. The molecule has 1 aliphatic heterocycles. The molecule has 1 unspecified atom stereocenters. The number of halogens is 1. The zero-order chi connectivity index (χ0) is 23.5. The molecule has 2 heterocycles. The number of aryl methyl sites for hydroxylation is 1. The summed E-state index contributed by atoms with van der Waals surface area (Å²) in [5.74, 6) is -1.11. The number of benzene rings is 2. The van der Waals surface area contributed by atoms with Crippen LogP contribution >= 0.6 is 11.6 Å². The van der Waals surface area contributed by atoms with Crippen molar-refractivity contribution in [1.29, 1.82) is 0 Å². The first kappa shape index (κ1) is 22.6. The smallest absolute Gasteiger partial charge is 0.300 e. The van der Waals surface area contributed by atoms with E-state index < -0.39 is 17.7 Å². The molecule has 1 atom stereocenters. The van der Waals surface area contributed by atoms with E-state index in [0.717, 1.165) is 12.0 Å². The number of rotatable bonds is 6. The van der Waals surface area contributed by atoms with Crippen LogP contribution in [0.25, 0.3) is 5.76 Å². The van der Waals surface area contributed by atoms with Crippen LogP contribution in [0, 0.1) is 6.92 Å². The number of aromatic nitrogens is 1. The van der Waals surface area contributed by atoms with E-state index in [9.17, 15) is 14.7 Å². The highest BCUT2D eigenvalue weighted by Crippen LogP contribution is 2.42. The Labute approximate surface area is 197 Å². The number of amides is 1. The van der Waals surface area contributed by atoms with Crippen molar-refractivity contribution < 1.29 is 19.4 Å². The molecule has 2 aromatic carbocycles. The Morgan fingerprint density at radius 1 is 1.12 bits per heavy atom. The predicted molar refractivity (Wildman–Crippen MR) is 127 cm³/mol. The van der Waals surface area contributed by atoms with Gasteiger partial charge in [0.1, 0.15) is 17.6 Å². The van der Waals surface area contributed by atoms with Gasteiger partial charge in [-0.2, -0.15) is 0 Å². The number of Topliss-reactive ketones (excluding diaryl/α,β-unsaturated/α-hetero) is 1. The Bertz CT molecular complexity index is 1220. The van der Waals surface area contributed by atoms with E-state index >= 15 is 0 Å². The lowest BCUT2D eigenvalue weighted by Gasteiger charge is -2.26. The number of carbonyl (C=O) groups excluding carboxylic acids is 2. The van der Waals surface area contributed by atoms with E-state index in [2.05, 4.69) is 4.98 Å². The van der Waals surface area contributed by atoms with E-state index in [-0.39, 0.29) is 11.3 Å². The number of carbonyl (C=O) groups is 2. The number of aliphatic hydroxyl groups excluding tert-OH is 1. The summed E-state index contributed by atoms with van der Waals surface area (Å²) in [6.07, 6.45) is 2.46. The van der Waals surface area contributed by atoms with Gasteiger partial charge in [-0.1, -0.05) is 24.6 Å². The molecule has 1 saturated heterocycles. The second-order valence-corrected chi connectivity index (χ2v) is 8.16. The Morgan fingerprint density at radius 3 is 2.52 bits per heavy atom. The second kappa shape index (κ2) is 9.46. The molecule has 3 aromatic rings. The molecular weight excluding hydrogens is 440 g/mol. The van der Waals surface area contributed by atoms with E-state index in [4.69, 9.17) is 16.3 Å². The van der Waals surface area contributed by atoms with Gasteiger partial charge in [0, 0.05) is 22.5 Å². The molecule has 0 saturated carbocycles. The van der Waals surface area contributed by atoms with Crippen LogP contribution < -0.4 is 9.64 Å². The molecule has 1 fully saturated rings. The minimum Gasteiger partial charge on any atom is -0.507 e. The van der Waals surface area contributed by atoms with Crippen molar-refractivity contribution in [1.82, 2.24) is 4.98 Å². The highest BCUT2D eigenvalue weighted by atomic mass is 35.5. The van der Waals surface area contributed by atoms with Crippen LogP contribution in [0.3, 0.4) is 0 Å². The van der Waals surface area contributed by atoms with Crippen LogP contribution in [0.15, 0.2) is 72.4 Å². The van der Waals surface area contributed by atoms with Gasteiger partial charge in [0.15, 0.2) is 0 Å². The summed E-state index contributed by atoms with van der Waals surface area (Å²) in [5.41, 5.74) is 2.11. The van der Waals surface area contributed by atoms with Crippen molar-refractivity contribution in [2.45, 2.75) is 26.3 Å². The lowest BCUT2D eigenvalue weighted by atomic mass is 9.98. The van der Waals surface area contributed by atoms with Gasteiger partial charge >= 0.3 is 0 Å². The third-order valence-electron chi connectivity index (χ3n) is 5.43. The average Bonchev–Trinajstić information content (AvgIpc) is 3.08. The summed E-state index contributed by atoms with van der Waals surface area (Å²) in [6.45, 7) is 4.40. The molecule has 0 aliphatic carbocycles. The first-order chi connectivity index (χ1) is 15.9. The molecule has 7 heteroatoms. The molecule has 6 nitrogen and oxygen atoms in total. The lowest BCUT2D eigenvalue weighted by Crippen LogP contribution is -2.30. The van der Waals surface area contributed by atoms with E-state index in [1.54, 1.807) is 66.9 Å². The summed E-state index contributed by atoms with van der Waals surface area (Å²) in [4.78, 5) is 32.1. The number of nitrogens with zero attached hydrogens (tertiary/aromatic N) is 2. The predicted octanol–water partition coefficient (Wildman–Crippen LogP) is 5.46. The van der Waals surface area contributed by atoms with Gasteiger partial charge in [0.25, 0.3) is 11.7 Å². The Kier molecular flexibility index (Phi) is 6.47. The largest absolute Gasteiger partial charge is 0.507 e. The molecular formula is C26H23ClN2O4. The van der Waals surface area contributed by atoms with Crippen molar-refractivity contribution in [3.63, 3.8) is 0 Å². The van der Waals surface area contributed by atoms with E-state index in [1.165, 1.54) is 4.90 Å². The van der Waals surface area contributed by atoms with Crippen molar-refractivity contribution in [2.24, 2.45) is 0 Å². The number of hydrogen-bond acceptors (Lipinski definition) is 5. The summed E-state index contributed by atoms with van der Waals surface area (Å²) in [7, 11) is 0. The van der Waals surface area contributed by atoms with Crippen LogP contribution in [-0.2, 0) is 9.59 Å². The molecule has 168 valence electrons. The fourth-order valence-electron chi connectivity index (χ4n) is 3.87. The zero-order valence-electron chi connectivity index (χ0n) is 18.3. The number of anilines is 1. The topological polar surface area (TPSA) is 79.7 Å². The van der Waals surface area contributed by atoms with Gasteiger partial charge in [-0.25, -0.2) is 0 Å². The quantitative estimate of drug-likeness (QED) is 0.299. The molecule has 33 heavy (non-hydrogen) atoms. The molecule has 0 bridgehead atoms. The molecule has 0 radical (unpaired) electrons. The number of pyridine rings is 1. The monoisotopic (exact) mass is 462 g/mol. The van der Waals surface area contributed by atoms with Crippen LogP contribution in [-0.4, -0.2) is 28.4 Å². The maximum absolute atomic E-state index is 13.2. The summed E-state index contributed by atoms with van der Waals surface area (Å²) in [5, 5.41) is 11.7. The Balaban J connectivity index is 1.85. The first-order valence-electron chi connectivity index (χ1n) is 10.6. The van der Waals surface area contributed by atoms with Crippen LogP contribution in [0.5, 0.6) is 5.75 Å². The third kappa shape index (κ3) is 4.34. The van der Waals surface area contributed by atoms with Crippen LogP contribution in [0.4, 0.5) is 5.69 Å². The average molecular weight is 463 g/mol. The SMILES string of the molecule is CCCOc1ccc(/C(O)=C2\C(=O)C(=O)N(c3ccc(Cl)cc3C)C2c2ccccn2)cc1. The Morgan fingerprint density at radius 2 is 1.88 bits per heavy atom. The van der Waals surface area contributed by atoms with E-state index in [0.29, 0.717) is 34.3 Å². The van der Waals surface area contributed by atoms with E-state index in [1.807, 2.05) is 13.8 Å². The normalized spacial score (nSPS) is 17.4. The fourth-order valence-corrected chi connectivity index (χ4v) is 4.10. The highest BCUT2D eigenvalue weighted by molar-refractivity contribution is 6.51. The third-order valence-corrected chi connectivity index (χ3v) is 5.67. The van der Waals surface area contributed by atoms with Crippen molar-refractivity contribution in [3.8, 4) is 5.75 Å². The molecule has 1 aliphatic rings. The van der Waals surface area contributed by atoms with Crippen molar-refractivity contribution >= 4 is 34.7 Å². The minimum absolute atomic E-state index is 0.0183. The lowest BCUT2D eigenvalue weighted by molar-refractivity contribution is -0.132. The maximum Gasteiger partial charge on any atom is 0.300 e. The number of hydrogen-bond donors (Lipinski definition) is 1. The van der Waals surface area contributed by atoms with Crippen molar-refractivity contribution in [3.05, 3.63) is 94.3 Å². The van der Waals surface area contributed by atoms with Gasteiger partial charge in [0.2, 0.25) is 0 Å². The summed E-state index contributed by atoms with van der Waals surface area (Å²) in [6, 6.07) is 16.2. The number of ketones is 1. The van der Waals surface area contributed by atoms with Crippen LogP contribution in [0.1, 0.15) is 36.2 Å². The molecule has 1 amide bonds. The zero-order valence-corrected chi connectivity index (χ0v) is 19.0.